The molecule has 0 aliphatic carbocycles. The minimum absolute atomic E-state index is 0.0785. The van der Waals surface area contributed by atoms with Crippen LogP contribution in [0.25, 0.3) is 6.08 Å². The molecule has 2 heterocycles. The fourth-order valence-electron chi connectivity index (χ4n) is 2.52. The molecule has 0 amide bonds. The van der Waals surface area contributed by atoms with Crippen LogP contribution < -0.4 is 14.2 Å². The SMILES string of the molecule is O=C1/C(=C/c2ccc3c(c2)OCO3)COc2cc(O)ccc21. The van der Waals surface area contributed by atoms with Crippen molar-refractivity contribution in [1.29, 1.82) is 0 Å². The molecule has 0 saturated carbocycles. The highest BCUT2D eigenvalue weighted by atomic mass is 16.7. The Kier molecular flexibility index (Phi) is 2.79. The summed E-state index contributed by atoms with van der Waals surface area (Å²) in [4.78, 5) is 12.5. The number of fused-ring (bicyclic) bond motifs is 2. The van der Waals surface area contributed by atoms with Crippen LogP contribution in [0, 0.1) is 0 Å². The van der Waals surface area contributed by atoms with Crippen LogP contribution in [0.5, 0.6) is 23.0 Å². The molecule has 5 nitrogen and oxygen atoms in total. The van der Waals surface area contributed by atoms with Gasteiger partial charge in [0.25, 0.3) is 0 Å². The molecule has 0 atom stereocenters. The summed E-state index contributed by atoms with van der Waals surface area (Å²) in [5, 5.41) is 9.43. The number of carbonyl (C=O) groups excluding carboxylic acids is 1. The van der Waals surface area contributed by atoms with Crippen LogP contribution in [0.15, 0.2) is 42.0 Å². The number of benzene rings is 2. The largest absolute Gasteiger partial charge is 0.508 e. The van der Waals surface area contributed by atoms with Crippen LogP contribution in [0.1, 0.15) is 15.9 Å². The Morgan fingerprint density at radius 3 is 2.73 bits per heavy atom. The predicted octanol–water partition coefficient (Wildman–Crippen LogP) is 2.78. The summed E-state index contributed by atoms with van der Waals surface area (Å²) >= 11 is 0. The number of ether oxygens (including phenoxy) is 3. The zero-order chi connectivity index (χ0) is 15.1. The maximum Gasteiger partial charge on any atom is 0.231 e. The molecule has 2 aromatic rings. The van der Waals surface area contributed by atoms with E-state index in [0.29, 0.717) is 28.4 Å². The average molecular weight is 296 g/mol. The van der Waals surface area contributed by atoms with E-state index >= 15 is 0 Å². The van der Waals surface area contributed by atoms with E-state index in [1.807, 2.05) is 18.2 Å². The lowest BCUT2D eigenvalue weighted by molar-refractivity contribution is 0.100. The lowest BCUT2D eigenvalue weighted by atomic mass is 9.98. The fraction of sp³-hybridized carbons (Fsp3) is 0.118. The third-order valence-corrected chi connectivity index (χ3v) is 3.62. The number of hydrogen-bond donors (Lipinski definition) is 1. The highest BCUT2D eigenvalue weighted by Gasteiger charge is 2.24. The minimum Gasteiger partial charge on any atom is -0.508 e. The van der Waals surface area contributed by atoms with Crippen molar-refractivity contribution in [1.82, 2.24) is 0 Å². The molecule has 1 N–H and O–H groups in total. The first-order valence-corrected chi connectivity index (χ1v) is 6.81. The molecular weight excluding hydrogens is 284 g/mol. The van der Waals surface area contributed by atoms with Crippen LogP contribution >= 0.6 is 0 Å². The van der Waals surface area contributed by atoms with Gasteiger partial charge in [-0.3, -0.25) is 4.79 Å². The monoisotopic (exact) mass is 296 g/mol. The number of hydrogen-bond acceptors (Lipinski definition) is 5. The molecule has 0 saturated heterocycles. The van der Waals surface area contributed by atoms with Crippen molar-refractivity contribution in [2.75, 3.05) is 13.4 Å². The van der Waals surface area contributed by atoms with Gasteiger partial charge in [-0.2, -0.15) is 0 Å². The molecule has 0 unspecified atom stereocenters. The number of rotatable bonds is 1. The van der Waals surface area contributed by atoms with Crippen molar-refractivity contribution < 1.29 is 24.1 Å². The number of ketones is 1. The van der Waals surface area contributed by atoms with E-state index in [1.165, 1.54) is 12.1 Å². The van der Waals surface area contributed by atoms with E-state index in [4.69, 9.17) is 14.2 Å². The third kappa shape index (κ3) is 2.07. The van der Waals surface area contributed by atoms with E-state index in [0.717, 1.165) is 5.56 Å². The molecule has 0 fully saturated rings. The van der Waals surface area contributed by atoms with Gasteiger partial charge in [-0.1, -0.05) is 6.07 Å². The van der Waals surface area contributed by atoms with Crippen LogP contribution in [0.3, 0.4) is 0 Å². The van der Waals surface area contributed by atoms with Gasteiger partial charge in [-0.05, 0) is 35.9 Å². The van der Waals surface area contributed by atoms with Gasteiger partial charge in [0.1, 0.15) is 18.1 Å². The second kappa shape index (κ2) is 4.80. The second-order valence-corrected chi connectivity index (χ2v) is 5.08. The van der Waals surface area contributed by atoms with Crippen molar-refractivity contribution in [2.24, 2.45) is 0 Å². The van der Waals surface area contributed by atoms with Gasteiger partial charge in [0, 0.05) is 11.6 Å². The molecule has 2 aromatic carbocycles. The Morgan fingerprint density at radius 1 is 0.955 bits per heavy atom. The molecule has 0 bridgehead atoms. The lowest BCUT2D eigenvalue weighted by Crippen LogP contribution is -2.18. The molecule has 0 radical (unpaired) electrons. The first kappa shape index (κ1) is 12.8. The van der Waals surface area contributed by atoms with Crippen LogP contribution in [0.2, 0.25) is 0 Å². The molecular formula is C17H12O5. The van der Waals surface area contributed by atoms with E-state index in [1.54, 1.807) is 12.1 Å². The zero-order valence-electron chi connectivity index (χ0n) is 11.5. The van der Waals surface area contributed by atoms with Crippen molar-refractivity contribution in [3.63, 3.8) is 0 Å². The third-order valence-electron chi connectivity index (χ3n) is 3.62. The van der Waals surface area contributed by atoms with E-state index in [2.05, 4.69) is 0 Å². The maximum absolute atomic E-state index is 12.5. The minimum atomic E-state index is -0.0982. The summed E-state index contributed by atoms with van der Waals surface area (Å²) in [7, 11) is 0. The molecule has 110 valence electrons. The summed E-state index contributed by atoms with van der Waals surface area (Å²) in [6, 6.07) is 10.00. The molecule has 2 aliphatic rings. The molecule has 4 rings (SSSR count). The van der Waals surface area contributed by atoms with E-state index < -0.39 is 0 Å². The van der Waals surface area contributed by atoms with Crippen molar-refractivity contribution in [3.8, 4) is 23.0 Å². The number of carbonyl (C=O) groups is 1. The lowest BCUT2D eigenvalue weighted by Gasteiger charge is -2.18. The Labute approximate surface area is 126 Å². The summed E-state index contributed by atoms with van der Waals surface area (Å²) in [6.07, 6.45) is 1.78. The fourth-order valence-corrected chi connectivity index (χ4v) is 2.52. The van der Waals surface area contributed by atoms with Gasteiger partial charge in [0.05, 0.1) is 5.56 Å². The normalized spacial score (nSPS) is 17.3. The number of Topliss-reactive ketones (excluding diaryl/α,β-unsaturated/α-hetero) is 1. The quantitative estimate of drug-likeness (QED) is 0.820. The van der Waals surface area contributed by atoms with Crippen molar-refractivity contribution in [3.05, 3.63) is 53.1 Å². The number of aromatic hydroxyl groups is 1. The van der Waals surface area contributed by atoms with Gasteiger partial charge >= 0.3 is 0 Å². The summed E-state index contributed by atoms with van der Waals surface area (Å²) in [5.74, 6) is 1.76. The van der Waals surface area contributed by atoms with Crippen molar-refractivity contribution >= 4 is 11.9 Å². The molecule has 2 aliphatic heterocycles. The van der Waals surface area contributed by atoms with Gasteiger partial charge in [-0.15, -0.1) is 0 Å². The smallest absolute Gasteiger partial charge is 0.231 e. The summed E-state index contributed by atoms with van der Waals surface area (Å²) in [6.45, 7) is 0.387. The Balaban J connectivity index is 1.69. The predicted molar refractivity (Wildman–Crippen MR) is 78.5 cm³/mol. The standard InChI is InChI=1S/C17H12O5/c18-12-2-3-13-15(7-12)20-8-11(17(13)19)5-10-1-4-14-16(6-10)22-9-21-14/h1-7,18H,8-9H2/b11-5+. The highest BCUT2D eigenvalue weighted by Crippen LogP contribution is 2.34. The van der Waals surface area contributed by atoms with Crippen LogP contribution in [0.4, 0.5) is 0 Å². The Bertz CT molecular complexity index is 807. The molecule has 5 heteroatoms. The van der Waals surface area contributed by atoms with Crippen LogP contribution in [-0.2, 0) is 0 Å². The summed E-state index contributed by atoms with van der Waals surface area (Å²) in [5.41, 5.74) is 1.85. The van der Waals surface area contributed by atoms with E-state index in [9.17, 15) is 9.90 Å². The highest BCUT2D eigenvalue weighted by molar-refractivity contribution is 6.14. The zero-order valence-corrected chi connectivity index (χ0v) is 11.5. The Morgan fingerprint density at radius 2 is 1.82 bits per heavy atom. The molecule has 0 aromatic heterocycles. The van der Waals surface area contributed by atoms with E-state index in [-0.39, 0.29) is 24.9 Å². The van der Waals surface area contributed by atoms with Crippen LogP contribution in [-0.4, -0.2) is 24.3 Å². The molecule has 0 spiro atoms. The number of phenolic OH excluding ortho intramolecular Hbond substituents is 1. The van der Waals surface area contributed by atoms with Crippen molar-refractivity contribution in [2.45, 2.75) is 0 Å². The topological polar surface area (TPSA) is 65.0 Å². The van der Waals surface area contributed by atoms with Gasteiger partial charge in [-0.25, -0.2) is 0 Å². The molecule has 22 heavy (non-hydrogen) atoms. The average Bonchev–Trinajstić information content (AvgIpc) is 2.97. The van der Waals surface area contributed by atoms with Gasteiger partial charge < -0.3 is 19.3 Å². The first-order chi connectivity index (χ1) is 10.7. The van der Waals surface area contributed by atoms with Gasteiger partial charge in [0.15, 0.2) is 17.3 Å². The first-order valence-electron chi connectivity index (χ1n) is 6.81. The maximum atomic E-state index is 12.5. The number of phenols is 1. The van der Waals surface area contributed by atoms with Gasteiger partial charge in [0.2, 0.25) is 6.79 Å². The second-order valence-electron chi connectivity index (χ2n) is 5.08. The Hall–Kier alpha value is -2.95. The summed E-state index contributed by atoms with van der Waals surface area (Å²) < 4.78 is 16.1.